The topological polar surface area (TPSA) is 136 Å². The highest BCUT2D eigenvalue weighted by Gasteiger charge is 2.26. The van der Waals surface area contributed by atoms with Crippen molar-refractivity contribution < 1.29 is 22.7 Å². The molecule has 11 heteroatoms. The van der Waals surface area contributed by atoms with Gasteiger partial charge in [-0.3, -0.25) is 9.59 Å². The lowest BCUT2D eigenvalue weighted by molar-refractivity contribution is -0.146. The van der Waals surface area contributed by atoms with Crippen LogP contribution in [0, 0.1) is 0 Å². The number of hydrogen-bond donors (Lipinski definition) is 1. The lowest BCUT2D eigenvalue weighted by Crippen LogP contribution is -2.35. The van der Waals surface area contributed by atoms with E-state index in [2.05, 4.69) is 9.97 Å². The van der Waals surface area contributed by atoms with Crippen LogP contribution in [0.3, 0.4) is 0 Å². The fourth-order valence-electron chi connectivity index (χ4n) is 2.83. The number of carbonyl (C=O) groups is 2. The smallest absolute Gasteiger partial charge is 0.326 e. The number of rotatable bonds is 6. The summed E-state index contributed by atoms with van der Waals surface area (Å²) in [7, 11) is -2.17. The zero-order chi connectivity index (χ0) is 20.3. The van der Waals surface area contributed by atoms with Crippen LogP contribution in [0.25, 0.3) is 0 Å². The van der Waals surface area contributed by atoms with Crippen LogP contribution in [-0.4, -0.2) is 57.0 Å². The summed E-state index contributed by atoms with van der Waals surface area (Å²) in [6.45, 7) is -0.151. The summed E-state index contributed by atoms with van der Waals surface area (Å²) in [4.78, 5) is 35.4. The average Bonchev–Trinajstić information content (AvgIpc) is 3.09. The molecule has 1 aromatic heterocycles. The molecule has 0 saturated heterocycles. The first-order chi connectivity index (χ1) is 13.3. The van der Waals surface area contributed by atoms with E-state index in [-0.39, 0.29) is 11.4 Å². The summed E-state index contributed by atoms with van der Waals surface area (Å²) in [5.41, 5.74) is 1.29. The maximum atomic E-state index is 12.4. The number of hydrogen-bond acceptors (Lipinski definition) is 8. The fraction of sp³-hybridized carbons (Fsp3) is 0.294. The Morgan fingerprint density at radius 3 is 2.68 bits per heavy atom. The van der Waals surface area contributed by atoms with Gasteiger partial charge in [0.2, 0.25) is 16.0 Å². The number of primary sulfonamides is 1. The molecule has 2 N–H and O–H groups in total. The van der Waals surface area contributed by atoms with Gasteiger partial charge in [-0.2, -0.15) is 0 Å². The number of nitrogens with zero attached hydrogens (tertiary/aromatic N) is 4. The maximum Gasteiger partial charge on any atom is 0.326 e. The number of esters is 1. The molecule has 1 amide bonds. The molecule has 2 heterocycles. The summed E-state index contributed by atoms with van der Waals surface area (Å²) in [5.74, 6) is -0.619. The second-order valence-electron chi connectivity index (χ2n) is 6.20. The minimum atomic E-state index is -3.81. The third-order valence-corrected chi connectivity index (χ3v) is 5.10. The molecule has 28 heavy (non-hydrogen) atoms. The Morgan fingerprint density at radius 2 is 2.00 bits per heavy atom. The van der Waals surface area contributed by atoms with Gasteiger partial charge in [0.25, 0.3) is 5.91 Å². The highest BCUT2D eigenvalue weighted by Crippen LogP contribution is 2.30. The molecule has 1 aliphatic rings. The lowest BCUT2D eigenvalue weighted by Gasteiger charge is -2.19. The Labute approximate surface area is 162 Å². The highest BCUT2D eigenvalue weighted by molar-refractivity contribution is 7.89. The molecule has 0 aliphatic carbocycles. The summed E-state index contributed by atoms with van der Waals surface area (Å²) in [5, 5.41) is 5.13. The van der Waals surface area contributed by atoms with Gasteiger partial charge in [-0.1, -0.05) is 0 Å². The van der Waals surface area contributed by atoms with Crippen molar-refractivity contribution in [2.45, 2.75) is 11.3 Å². The number of likely N-dealkylation sites (N-methyl/N-ethyl adjacent to an activating group) is 1. The van der Waals surface area contributed by atoms with Crippen molar-refractivity contribution in [1.82, 2.24) is 9.97 Å². The van der Waals surface area contributed by atoms with Gasteiger partial charge in [-0.15, -0.1) is 0 Å². The molecule has 148 valence electrons. The monoisotopic (exact) mass is 405 g/mol. The Bertz CT molecular complexity index is 996. The van der Waals surface area contributed by atoms with Crippen molar-refractivity contribution in [2.24, 2.45) is 5.14 Å². The number of benzene rings is 1. The molecular weight excluding hydrogens is 386 g/mol. The number of amides is 1. The van der Waals surface area contributed by atoms with Crippen LogP contribution in [0.5, 0.6) is 0 Å². The first-order valence-corrected chi connectivity index (χ1v) is 9.90. The zero-order valence-corrected chi connectivity index (χ0v) is 15.9. The van der Waals surface area contributed by atoms with Gasteiger partial charge in [0, 0.05) is 31.7 Å². The molecule has 1 aliphatic heterocycles. The average molecular weight is 405 g/mol. The molecule has 3 rings (SSSR count). The SMILES string of the molecule is CN(CC(=O)OCC(=O)N1CCc2cc(S(N)(=O)=O)ccc21)c1ncccn1. The number of sulfonamides is 1. The predicted molar refractivity (Wildman–Crippen MR) is 100 cm³/mol. The second-order valence-corrected chi connectivity index (χ2v) is 7.76. The Morgan fingerprint density at radius 1 is 1.29 bits per heavy atom. The number of anilines is 2. The molecule has 2 aromatic rings. The highest BCUT2D eigenvalue weighted by atomic mass is 32.2. The molecule has 0 saturated carbocycles. The van der Waals surface area contributed by atoms with Gasteiger partial charge < -0.3 is 14.5 Å². The standard InChI is InChI=1S/C17H19N5O5S/c1-21(17-19-6-2-7-20-17)10-16(24)27-11-15(23)22-8-5-12-9-13(28(18,25)26)3-4-14(12)22/h2-4,6-7,9H,5,8,10-11H2,1H3,(H2,18,25,26). The number of fused-ring (bicyclic) bond motifs is 1. The van der Waals surface area contributed by atoms with E-state index in [9.17, 15) is 18.0 Å². The maximum absolute atomic E-state index is 12.4. The van der Waals surface area contributed by atoms with E-state index in [1.165, 1.54) is 28.0 Å². The molecule has 10 nitrogen and oxygen atoms in total. The minimum absolute atomic E-state index is 0.00172. The van der Waals surface area contributed by atoms with E-state index in [0.29, 0.717) is 30.2 Å². The van der Waals surface area contributed by atoms with Crippen molar-refractivity contribution in [2.75, 3.05) is 36.5 Å². The van der Waals surface area contributed by atoms with E-state index in [1.807, 2.05) is 0 Å². The molecule has 0 spiro atoms. The third-order valence-electron chi connectivity index (χ3n) is 4.19. The number of aromatic nitrogens is 2. The second kappa shape index (κ2) is 7.90. The Hall–Kier alpha value is -3.05. The quantitative estimate of drug-likeness (QED) is 0.647. The van der Waals surface area contributed by atoms with Crippen molar-refractivity contribution in [3.05, 3.63) is 42.2 Å². The van der Waals surface area contributed by atoms with Gasteiger partial charge >= 0.3 is 5.97 Å². The molecular formula is C17H19N5O5S. The lowest BCUT2D eigenvalue weighted by atomic mass is 10.2. The van der Waals surface area contributed by atoms with Crippen LogP contribution >= 0.6 is 0 Å². The first-order valence-electron chi connectivity index (χ1n) is 8.35. The van der Waals surface area contributed by atoms with Crippen LogP contribution < -0.4 is 14.9 Å². The minimum Gasteiger partial charge on any atom is -0.454 e. The number of nitrogens with two attached hydrogens (primary N) is 1. The van der Waals surface area contributed by atoms with Crippen LogP contribution in [-0.2, 0) is 30.8 Å². The van der Waals surface area contributed by atoms with E-state index < -0.39 is 28.5 Å². The zero-order valence-electron chi connectivity index (χ0n) is 15.1. The number of ether oxygens (including phenoxy) is 1. The fourth-order valence-corrected chi connectivity index (χ4v) is 3.40. The molecule has 0 bridgehead atoms. The summed E-state index contributed by atoms with van der Waals surface area (Å²) < 4.78 is 27.9. The van der Waals surface area contributed by atoms with E-state index >= 15 is 0 Å². The third kappa shape index (κ3) is 4.43. The first kappa shape index (κ1) is 19.7. The van der Waals surface area contributed by atoms with Gasteiger partial charge in [0.05, 0.1) is 4.90 Å². The van der Waals surface area contributed by atoms with Gasteiger partial charge in [0.1, 0.15) is 6.54 Å². The predicted octanol–water partition coefficient (Wildman–Crippen LogP) is -0.307. The van der Waals surface area contributed by atoms with Crippen molar-refractivity contribution in [3.63, 3.8) is 0 Å². The van der Waals surface area contributed by atoms with Gasteiger partial charge in [-0.25, -0.2) is 23.5 Å². The van der Waals surface area contributed by atoms with E-state index in [0.717, 1.165) is 0 Å². The van der Waals surface area contributed by atoms with Gasteiger partial charge in [-0.05, 0) is 36.2 Å². The molecule has 0 fully saturated rings. The summed E-state index contributed by atoms with van der Waals surface area (Å²) >= 11 is 0. The van der Waals surface area contributed by atoms with E-state index in [4.69, 9.17) is 9.88 Å². The van der Waals surface area contributed by atoms with Crippen molar-refractivity contribution in [1.29, 1.82) is 0 Å². The normalized spacial score (nSPS) is 13.1. The molecule has 0 atom stereocenters. The van der Waals surface area contributed by atoms with Crippen LogP contribution in [0.15, 0.2) is 41.6 Å². The van der Waals surface area contributed by atoms with E-state index in [1.54, 1.807) is 25.5 Å². The van der Waals surface area contributed by atoms with Crippen LogP contribution in [0.4, 0.5) is 11.6 Å². The molecule has 0 unspecified atom stereocenters. The number of carbonyl (C=O) groups excluding carboxylic acids is 2. The summed E-state index contributed by atoms with van der Waals surface area (Å²) in [6, 6.07) is 6.00. The van der Waals surface area contributed by atoms with Crippen LogP contribution in [0.2, 0.25) is 0 Å². The molecule has 0 radical (unpaired) electrons. The summed E-state index contributed by atoms with van der Waals surface area (Å²) in [6.07, 6.45) is 3.60. The molecule has 1 aromatic carbocycles. The van der Waals surface area contributed by atoms with Gasteiger partial charge in [0.15, 0.2) is 6.61 Å². The van der Waals surface area contributed by atoms with Crippen LogP contribution in [0.1, 0.15) is 5.56 Å². The Balaban J connectivity index is 1.57. The van der Waals surface area contributed by atoms with Crippen molar-refractivity contribution >= 4 is 33.5 Å². The Kier molecular flexibility index (Phi) is 5.56. The van der Waals surface area contributed by atoms with Crippen molar-refractivity contribution in [3.8, 4) is 0 Å². The largest absolute Gasteiger partial charge is 0.454 e.